The monoisotopic (exact) mass is 253 g/mol. The molecule has 0 amide bonds. The molecular weight excluding hydrogens is 241 g/mol. The molecule has 0 bridgehead atoms. The van der Waals surface area contributed by atoms with Gasteiger partial charge >= 0.3 is 5.97 Å². The number of halogens is 1. The summed E-state index contributed by atoms with van der Waals surface area (Å²) < 4.78 is 17.8. The maximum absolute atomic E-state index is 13.0. The Morgan fingerprint density at radius 1 is 1.59 bits per heavy atom. The molecule has 0 unspecified atom stereocenters. The molecule has 0 spiro atoms. The maximum atomic E-state index is 13.0. The van der Waals surface area contributed by atoms with Gasteiger partial charge in [0.1, 0.15) is 11.9 Å². The first-order valence-corrected chi connectivity index (χ1v) is 6.24. The molecule has 0 heterocycles. The fourth-order valence-corrected chi connectivity index (χ4v) is 1.97. The minimum Gasteiger partial charge on any atom is -0.465 e. The van der Waals surface area contributed by atoms with Gasteiger partial charge in [0.15, 0.2) is 0 Å². The van der Waals surface area contributed by atoms with Gasteiger partial charge in [0, 0.05) is 5.75 Å². The lowest BCUT2D eigenvalue weighted by molar-refractivity contribution is -0.139. The minimum atomic E-state index is -0.522. The second-order valence-corrected chi connectivity index (χ2v) is 4.21. The van der Waals surface area contributed by atoms with E-state index in [1.807, 2.05) is 0 Å². The third-order valence-electron chi connectivity index (χ3n) is 1.95. The Balaban J connectivity index is 2.48. The first-order chi connectivity index (χ1) is 8.17. The van der Waals surface area contributed by atoms with E-state index in [2.05, 4.69) is 0 Å². The molecular formula is C12H12FNO2S. The van der Waals surface area contributed by atoms with Gasteiger partial charge in [0.05, 0.1) is 17.9 Å². The van der Waals surface area contributed by atoms with Crippen molar-refractivity contribution in [2.45, 2.75) is 12.7 Å². The molecule has 0 fully saturated rings. The average molecular weight is 253 g/mol. The summed E-state index contributed by atoms with van der Waals surface area (Å²) in [6.45, 7) is 2.12. The highest BCUT2D eigenvalue weighted by atomic mass is 32.2. The van der Waals surface area contributed by atoms with E-state index in [-0.39, 0.29) is 17.3 Å². The minimum absolute atomic E-state index is 0.0271. The first kappa shape index (κ1) is 13.5. The molecule has 0 N–H and O–H groups in total. The predicted octanol–water partition coefficient (Wildman–Crippen LogP) is 2.49. The van der Waals surface area contributed by atoms with Crippen LogP contribution in [0.2, 0.25) is 0 Å². The van der Waals surface area contributed by atoms with Crippen LogP contribution in [0.1, 0.15) is 18.1 Å². The number of esters is 1. The maximum Gasteiger partial charge on any atom is 0.315 e. The van der Waals surface area contributed by atoms with Crippen molar-refractivity contribution in [2.75, 3.05) is 12.4 Å². The average Bonchev–Trinajstić information content (AvgIpc) is 2.31. The van der Waals surface area contributed by atoms with E-state index in [1.54, 1.807) is 19.1 Å². The lowest BCUT2D eigenvalue weighted by Gasteiger charge is -2.03. The fourth-order valence-electron chi connectivity index (χ4n) is 1.20. The number of hydrogen-bond acceptors (Lipinski definition) is 4. The summed E-state index contributed by atoms with van der Waals surface area (Å²) in [5.41, 5.74) is 0.844. The van der Waals surface area contributed by atoms with Crippen molar-refractivity contribution >= 4 is 17.7 Å². The van der Waals surface area contributed by atoms with Crippen molar-refractivity contribution in [2.24, 2.45) is 0 Å². The van der Waals surface area contributed by atoms with Crippen LogP contribution in [0.4, 0.5) is 4.39 Å². The second kappa shape index (κ2) is 6.92. The van der Waals surface area contributed by atoms with Gasteiger partial charge in [0.2, 0.25) is 0 Å². The standard InChI is InChI=1S/C12H12FNO2S/c1-2-16-12(15)8-17-7-9-3-4-11(13)10(5-9)6-14/h3-5H,2,7-8H2,1H3. The number of carbonyl (C=O) groups is 1. The van der Waals surface area contributed by atoms with Crippen LogP contribution in [0.5, 0.6) is 0 Å². The molecule has 0 aromatic heterocycles. The molecule has 0 saturated heterocycles. The molecule has 0 saturated carbocycles. The zero-order valence-electron chi connectivity index (χ0n) is 9.40. The third kappa shape index (κ3) is 4.45. The molecule has 0 aliphatic rings. The molecule has 5 heteroatoms. The van der Waals surface area contributed by atoms with E-state index in [0.29, 0.717) is 12.4 Å². The molecule has 1 rings (SSSR count). The number of benzene rings is 1. The lowest BCUT2D eigenvalue weighted by Crippen LogP contribution is -2.06. The lowest BCUT2D eigenvalue weighted by atomic mass is 10.1. The van der Waals surface area contributed by atoms with Gasteiger partial charge in [-0.1, -0.05) is 6.07 Å². The van der Waals surface area contributed by atoms with Gasteiger partial charge in [-0.25, -0.2) is 4.39 Å². The Morgan fingerprint density at radius 3 is 3.00 bits per heavy atom. The highest BCUT2D eigenvalue weighted by Crippen LogP contribution is 2.15. The topological polar surface area (TPSA) is 50.1 Å². The summed E-state index contributed by atoms with van der Waals surface area (Å²) in [7, 11) is 0. The van der Waals surface area contributed by atoms with Crippen molar-refractivity contribution in [3.05, 3.63) is 35.1 Å². The van der Waals surface area contributed by atoms with E-state index in [0.717, 1.165) is 5.56 Å². The predicted molar refractivity (Wildman–Crippen MR) is 63.9 cm³/mol. The van der Waals surface area contributed by atoms with E-state index in [4.69, 9.17) is 10.00 Å². The molecule has 1 aromatic rings. The summed E-state index contributed by atoms with van der Waals surface area (Å²) >= 11 is 1.37. The van der Waals surface area contributed by atoms with Gasteiger partial charge in [-0.2, -0.15) is 5.26 Å². The molecule has 3 nitrogen and oxygen atoms in total. The van der Waals surface area contributed by atoms with E-state index in [9.17, 15) is 9.18 Å². The quantitative estimate of drug-likeness (QED) is 0.756. The van der Waals surface area contributed by atoms with Gasteiger partial charge in [0.25, 0.3) is 0 Å². The second-order valence-electron chi connectivity index (χ2n) is 3.22. The Labute approximate surface area is 104 Å². The van der Waals surface area contributed by atoms with Gasteiger partial charge in [-0.3, -0.25) is 4.79 Å². The van der Waals surface area contributed by atoms with Crippen molar-refractivity contribution in [3.8, 4) is 6.07 Å². The van der Waals surface area contributed by atoms with Crippen LogP contribution in [-0.2, 0) is 15.3 Å². The van der Waals surface area contributed by atoms with Crippen LogP contribution >= 0.6 is 11.8 Å². The van der Waals surface area contributed by atoms with Crippen LogP contribution in [-0.4, -0.2) is 18.3 Å². The Bertz CT molecular complexity index is 443. The smallest absolute Gasteiger partial charge is 0.315 e. The van der Waals surface area contributed by atoms with Crippen LogP contribution in [0, 0.1) is 17.1 Å². The Morgan fingerprint density at radius 2 is 2.35 bits per heavy atom. The molecule has 0 radical (unpaired) electrons. The third-order valence-corrected chi connectivity index (χ3v) is 2.92. The molecule has 0 aliphatic heterocycles. The Hall–Kier alpha value is -1.54. The van der Waals surface area contributed by atoms with Crippen molar-refractivity contribution in [3.63, 3.8) is 0 Å². The molecule has 17 heavy (non-hydrogen) atoms. The highest BCUT2D eigenvalue weighted by Gasteiger charge is 2.05. The number of nitriles is 1. The summed E-state index contributed by atoms with van der Waals surface area (Å²) in [5.74, 6) is 0.0210. The van der Waals surface area contributed by atoms with Gasteiger partial charge < -0.3 is 4.74 Å². The van der Waals surface area contributed by atoms with Crippen LogP contribution < -0.4 is 0 Å². The van der Waals surface area contributed by atoms with Crippen LogP contribution in [0.3, 0.4) is 0 Å². The zero-order chi connectivity index (χ0) is 12.7. The van der Waals surface area contributed by atoms with Gasteiger partial charge in [-0.05, 0) is 24.6 Å². The number of nitrogens with zero attached hydrogens (tertiary/aromatic N) is 1. The molecule has 0 atom stereocenters. The highest BCUT2D eigenvalue weighted by molar-refractivity contribution is 7.99. The van der Waals surface area contributed by atoms with Crippen molar-refractivity contribution < 1.29 is 13.9 Å². The Kier molecular flexibility index (Phi) is 5.50. The van der Waals surface area contributed by atoms with Crippen molar-refractivity contribution in [1.82, 2.24) is 0 Å². The number of ether oxygens (including phenoxy) is 1. The van der Waals surface area contributed by atoms with E-state index >= 15 is 0 Å². The number of thioether (sulfide) groups is 1. The van der Waals surface area contributed by atoms with E-state index in [1.165, 1.54) is 23.9 Å². The number of hydrogen-bond donors (Lipinski definition) is 0. The van der Waals surface area contributed by atoms with E-state index < -0.39 is 5.82 Å². The fraction of sp³-hybridized carbons (Fsp3) is 0.333. The summed E-state index contributed by atoms with van der Waals surface area (Å²) in [5, 5.41) is 8.66. The largest absolute Gasteiger partial charge is 0.465 e. The van der Waals surface area contributed by atoms with Crippen LogP contribution in [0.25, 0.3) is 0 Å². The van der Waals surface area contributed by atoms with Gasteiger partial charge in [-0.15, -0.1) is 11.8 Å². The first-order valence-electron chi connectivity index (χ1n) is 5.09. The molecule has 1 aromatic carbocycles. The zero-order valence-corrected chi connectivity index (χ0v) is 10.2. The number of carbonyl (C=O) groups excluding carboxylic acids is 1. The normalized spacial score (nSPS) is 9.71. The summed E-state index contributed by atoms with van der Waals surface area (Å²) in [4.78, 5) is 11.1. The van der Waals surface area contributed by atoms with Crippen molar-refractivity contribution in [1.29, 1.82) is 5.26 Å². The molecule has 90 valence electrons. The molecule has 0 aliphatic carbocycles. The summed E-state index contributed by atoms with van der Waals surface area (Å²) in [6, 6.07) is 6.14. The SMILES string of the molecule is CCOC(=O)CSCc1ccc(F)c(C#N)c1. The summed E-state index contributed by atoms with van der Waals surface area (Å²) in [6.07, 6.45) is 0. The number of rotatable bonds is 5. The van der Waals surface area contributed by atoms with Crippen LogP contribution in [0.15, 0.2) is 18.2 Å².